The van der Waals surface area contributed by atoms with Crippen molar-refractivity contribution in [2.75, 3.05) is 6.54 Å². The highest BCUT2D eigenvalue weighted by Gasteiger charge is 2.38. The molecule has 1 fully saturated rings. The van der Waals surface area contributed by atoms with E-state index in [0.29, 0.717) is 0 Å². The van der Waals surface area contributed by atoms with Gasteiger partial charge in [-0.2, -0.15) is 4.31 Å². The smallest absolute Gasteiger partial charge is 0.304 e. The summed E-state index contributed by atoms with van der Waals surface area (Å²) in [6.45, 7) is 0.0395. The van der Waals surface area contributed by atoms with Crippen LogP contribution in [0.4, 0.5) is 0 Å². The molecule has 0 saturated heterocycles. The summed E-state index contributed by atoms with van der Waals surface area (Å²) in [5.74, 6) is -0.983. The molecule has 2 rings (SSSR count). The van der Waals surface area contributed by atoms with Crippen molar-refractivity contribution >= 4 is 43.3 Å². The SMILES string of the molecule is O=C(O)CCN(C1CC1)S(=O)(=O)c1ccc(Br)s1. The van der Waals surface area contributed by atoms with Gasteiger partial charge in [-0.3, -0.25) is 4.79 Å². The average molecular weight is 354 g/mol. The van der Waals surface area contributed by atoms with E-state index in [9.17, 15) is 13.2 Å². The molecule has 1 aliphatic rings. The van der Waals surface area contributed by atoms with Crippen LogP contribution in [0.15, 0.2) is 20.1 Å². The maximum absolute atomic E-state index is 12.4. The predicted octanol–water partition coefficient (Wildman–Crippen LogP) is 2.14. The van der Waals surface area contributed by atoms with E-state index in [1.54, 1.807) is 12.1 Å². The van der Waals surface area contributed by atoms with Crippen molar-refractivity contribution in [3.05, 3.63) is 15.9 Å². The average Bonchev–Trinajstić information content (AvgIpc) is 2.99. The van der Waals surface area contributed by atoms with Crippen molar-refractivity contribution in [3.8, 4) is 0 Å². The minimum absolute atomic E-state index is 0.0322. The van der Waals surface area contributed by atoms with E-state index in [1.807, 2.05) is 0 Å². The van der Waals surface area contributed by atoms with Gasteiger partial charge in [0, 0.05) is 12.6 Å². The Morgan fingerprint density at radius 2 is 2.17 bits per heavy atom. The van der Waals surface area contributed by atoms with Crippen molar-refractivity contribution in [1.82, 2.24) is 4.31 Å². The number of sulfonamides is 1. The highest BCUT2D eigenvalue weighted by Crippen LogP contribution is 2.35. The predicted molar refractivity (Wildman–Crippen MR) is 71.2 cm³/mol. The Kier molecular flexibility index (Phi) is 4.10. The lowest BCUT2D eigenvalue weighted by Gasteiger charge is -2.19. The standard InChI is InChI=1S/C10H12BrNO4S2/c11-8-3-4-10(17-8)18(15,16)12(7-1-2-7)6-5-9(13)14/h3-4,7H,1-2,5-6H2,(H,13,14). The Hall–Kier alpha value is -0.440. The van der Waals surface area contributed by atoms with Gasteiger partial charge in [0.2, 0.25) is 0 Å². The van der Waals surface area contributed by atoms with E-state index in [0.717, 1.165) is 28.0 Å². The van der Waals surface area contributed by atoms with Gasteiger partial charge in [0.05, 0.1) is 10.2 Å². The van der Waals surface area contributed by atoms with Crippen LogP contribution in [0.5, 0.6) is 0 Å². The molecule has 0 bridgehead atoms. The molecule has 1 aromatic heterocycles. The Morgan fingerprint density at radius 3 is 2.61 bits per heavy atom. The molecule has 0 radical (unpaired) electrons. The fraction of sp³-hybridized carbons (Fsp3) is 0.500. The molecule has 0 unspecified atom stereocenters. The van der Waals surface area contributed by atoms with E-state index in [1.165, 1.54) is 4.31 Å². The molecule has 8 heteroatoms. The lowest BCUT2D eigenvalue weighted by atomic mass is 10.4. The number of carboxylic acids is 1. The summed E-state index contributed by atoms with van der Waals surface area (Å²) in [4.78, 5) is 10.6. The van der Waals surface area contributed by atoms with E-state index in [-0.39, 0.29) is 23.2 Å². The van der Waals surface area contributed by atoms with Gasteiger partial charge in [-0.05, 0) is 40.9 Å². The maximum atomic E-state index is 12.4. The molecule has 0 aromatic carbocycles. The van der Waals surface area contributed by atoms with Gasteiger partial charge in [0.25, 0.3) is 10.0 Å². The van der Waals surface area contributed by atoms with Crippen LogP contribution in [0.1, 0.15) is 19.3 Å². The lowest BCUT2D eigenvalue weighted by Crippen LogP contribution is -2.34. The van der Waals surface area contributed by atoms with Crippen LogP contribution in [-0.4, -0.2) is 36.4 Å². The summed E-state index contributed by atoms with van der Waals surface area (Å²) in [5.41, 5.74) is 0. The zero-order valence-corrected chi connectivity index (χ0v) is 12.6. The molecule has 1 aromatic rings. The monoisotopic (exact) mass is 353 g/mol. The van der Waals surface area contributed by atoms with E-state index >= 15 is 0 Å². The first-order chi connectivity index (χ1) is 8.41. The third-order valence-electron chi connectivity index (χ3n) is 2.61. The Bertz CT molecular complexity index is 550. The number of carbonyl (C=O) groups is 1. The van der Waals surface area contributed by atoms with E-state index in [2.05, 4.69) is 15.9 Å². The summed E-state index contributed by atoms with van der Waals surface area (Å²) < 4.78 is 27.0. The maximum Gasteiger partial charge on any atom is 0.304 e. The number of aliphatic carboxylic acids is 1. The van der Waals surface area contributed by atoms with Crippen LogP contribution in [0, 0.1) is 0 Å². The van der Waals surface area contributed by atoms with Gasteiger partial charge in [-0.15, -0.1) is 11.3 Å². The van der Waals surface area contributed by atoms with Gasteiger partial charge >= 0.3 is 5.97 Å². The summed E-state index contributed by atoms with van der Waals surface area (Å²) in [6, 6.07) is 3.19. The molecule has 18 heavy (non-hydrogen) atoms. The molecule has 1 aliphatic carbocycles. The van der Waals surface area contributed by atoms with Crippen molar-refractivity contribution in [1.29, 1.82) is 0 Å². The number of hydrogen-bond acceptors (Lipinski definition) is 4. The molecule has 0 aliphatic heterocycles. The molecule has 1 heterocycles. The Balaban J connectivity index is 2.21. The zero-order chi connectivity index (χ0) is 13.3. The number of carboxylic acid groups (broad SMARTS) is 1. The highest BCUT2D eigenvalue weighted by atomic mass is 79.9. The summed E-state index contributed by atoms with van der Waals surface area (Å²) in [5, 5.41) is 8.68. The number of nitrogens with zero attached hydrogens (tertiary/aromatic N) is 1. The summed E-state index contributed by atoms with van der Waals surface area (Å²) in [6.07, 6.45) is 1.46. The largest absolute Gasteiger partial charge is 0.481 e. The van der Waals surface area contributed by atoms with Crippen molar-refractivity contribution < 1.29 is 18.3 Å². The second kappa shape index (κ2) is 5.28. The van der Waals surface area contributed by atoms with Crippen molar-refractivity contribution in [3.63, 3.8) is 0 Å². The topological polar surface area (TPSA) is 74.7 Å². The molecule has 1 saturated carbocycles. The van der Waals surface area contributed by atoms with Crippen LogP contribution in [0.25, 0.3) is 0 Å². The summed E-state index contributed by atoms with van der Waals surface area (Å²) in [7, 11) is -3.55. The van der Waals surface area contributed by atoms with E-state index < -0.39 is 16.0 Å². The van der Waals surface area contributed by atoms with Crippen molar-refractivity contribution in [2.45, 2.75) is 29.5 Å². The second-order valence-electron chi connectivity index (χ2n) is 4.05. The van der Waals surface area contributed by atoms with Crippen LogP contribution in [0.2, 0.25) is 0 Å². The number of hydrogen-bond donors (Lipinski definition) is 1. The number of thiophene rings is 1. The van der Waals surface area contributed by atoms with Gasteiger partial charge in [0.1, 0.15) is 4.21 Å². The third-order valence-corrected chi connectivity index (χ3v) is 6.65. The minimum Gasteiger partial charge on any atom is -0.481 e. The van der Waals surface area contributed by atoms with Crippen molar-refractivity contribution in [2.24, 2.45) is 0 Å². The Labute approximate surface area is 118 Å². The highest BCUT2D eigenvalue weighted by molar-refractivity contribution is 9.11. The molecule has 0 amide bonds. The molecule has 100 valence electrons. The lowest BCUT2D eigenvalue weighted by molar-refractivity contribution is -0.137. The fourth-order valence-electron chi connectivity index (χ4n) is 1.62. The van der Waals surface area contributed by atoms with E-state index in [4.69, 9.17) is 5.11 Å². The Morgan fingerprint density at radius 1 is 1.50 bits per heavy atom. The normalized spacial score (nSPS) is 16.1. The second-order valence-corrected chi connectivity index (χ2v) is 8.63. The molecule has 5 nitrogen and oxygen atoms in total. The van der Waals surface area contributed by atoms with Crippen LogP contribution in [0.3, 0.4) is 0 Å². The molecule has 0 atom stereocenters. The van der Waals surface area contributed by atoms with Gasteiger partial charge in [-0.25, -0.2) is 8.42 Å². The van der Waals surface area contributed by atoms with Crippen LogP contribution >= 0.6 is 27.3 Å². The fourth-order valence-corrected chi connectivity index (χ4v) is 5.44. The van der Waals surface area contributed by atoms with Gasteiger partial charge < -0.3 is 5.11 Å². The first kappa shape index (κ1) is 14.0. The minimum atomic E-state index is -3.55. The van der Waals surface area contributed by atoms with Crippen LogP contribution in [-0.2, 0) is 14.8 Å². The first-order valence-electron chi connectivity index (χ1n) is 5.40. The molecule has 1 N–H and O–H groups in total. The quantitative estimate of drug-likeness (QED) is 0.849. The zero-order valence-electron chi connectivity index (χ0n) is 9.37. The van der Waals surface area contributed by atoms with Gasteiger partial charge in [0.15, 0.2) is 0 Å². The first-order valence-corrected chi connectivity index (χ1v) is 8.45. The third kappa shape index (κ3) is 3.11. The van der Waals surface area contributed by atoms with Crippen LogP contribution < -0.4 is 0 Å². The van der Waals surface area contributed by atoms with Gasteiger partial charge in [-0.1, -0.05) is 0 Å². The molecular formula is C10H12BrNO4S2. The summed E-state index contributed by atoms with van der Waals surface area (Å²) >= 11 is 4.37. The molecule has 0 spiro atoms. The molecular weight excluding hydrogens is 342 g/mol. The number of rotatable bonds is 6. The number of halogens is 1.